The van der Waals surface area contributed by atoms with Gasteiger partial charge in [-0.3, -0.25) is 4.79 Å². The molecule has 0 aliphatic rings. The van der Waals surface area contributed by atoms with Gasteiger partial charge in [0.05, 0.1) is 17.1 Å². The van der Waals surface area contributed by atoms with Crippen molar-refractivity contribution in [1.82, 2.24) is 9.78 Å². The number of anilines is 1. The van der Waals surface area contributed by atoms with Crippen molar-refractivity contribution in [3.63, 3.8) is 0 Å². The minimum absolute atomic E-state index is 0.0435. The Hall–Kier alpha value is -2.91. The summed E-state index contributed by atoms with van der Waals surface area (Å²) in [7, 11) is 0. The Morgan fingerprint density at radius 2 is 1.83 bits per heavy atom. The maximum Gasteiger partial charge on any atom is 0.343 e. The fourth-order valence-corrected chi connectivity index (χ4v) is 3.57. The Morgan fingerprint density at radius 3 is 2.53 bits per heavy atom. The number of para-hydroxylation sites is 2. The molecule has 30 heavy (non-hydrogen) atoms. The van der Waals surface area contributed by atoms with E-state index in [1.807, 2.05) is 6.07 Å². The number of alkyl halides is 2. The van der Waals surface area contributed by atoms with Gasteiger partial charge < -0.3 is 10.1 Å². The second-order valence-corrected chi connectivity index (χ2v) is 7.39. The SMILES string of the molecule is Cc1nn(-c2ccccc2)c(Cl)c1C(=O)OCC(=O)Nc1ccccc1SC(F)F. The van der Waals surface area contributed by atoms with Crippen molar-refractivity contribution >= 4 is 40.9 Å². The zero-order valence-electron chi connectivity index (χ0n) is 15.6. The summed E-state index contributed by atoms with van der Waals surface area (Å²) in [5.41, 5.74) is 1.25. The lowest BCUT2D eigenvalue weighted by atomic mass is 10.2. The van der Waals surface area contributed by atoms with Crippen molar-refractivity contribution in [2.24, 2.45) is 0 Å². The smallest absolute Gasteiger partial charge is 0.343 e. The molecule has 0 saturated heterocycles. The standard InChI is InChI=1S/C20H16ClF2N3O3S/c1-12-17(18(21)26(25-12)13-7-3-2-4-8-13)19(28)29-11-16(27)24-14-9-5-6-10-15(14)30-20(22)23/h2-10,20H,11H2,1H3,(H,24,27). The number of halogens is 3. The van der Waals surface area contributed by atoms with Gasteiger partial charge in [0.15, 0.2) is 6.61 Å². The van der Waals surface area contributed by atoms with E-state index in [0.717, 1.165) is 0 Å². The van der Waals surface area contributed by atoms with Gasteiger partial charge in [0, 0.05) is 4.90 Å². The molecule has 0 radical (unpaired) electrons. The van der Waals surface area contributed by atoms with Crippen LogP contribution in [0.1, 0.15) is 16.1 Å². The Labute approximate surface area is 180 Å². The van der Waals surface area contributed by atoms with E-state index in [2.05, 4.69) is 10.4 Å². The number of hydrogen-bond acceptors (Lipinski definition) is 5. The van der Waals surface area contributed by atoms with Gasteiger partial charge in [-0.05, 0) is 31.2 Å². The third-order valence-electron chi connectivity index (χ3n) is 3.92. The van der Waals surface area contributed by atoms with Gasteiger partial charge in [0.2, 0.25) is 0 Å². The van der Waals surface area contributed by atoms with Crippen LogP contribution in [0.15, 0.2) is 59.5 Å². The molecule has 156 valence electrons. The van der Waals surface area contributed by atoms with Crippen molar-refractivity contribution in [3.05, 3.63) is 71.0 Å². The van der Waals surface area contributed by atoms with Crippen molar-refractivity contribution < 1.29 is 23.1 Å². The Kier molecular flexibility index (Phi) is 7.07. The third-order valence-corrected chi connectivity index (χ3v) is 5.06. The molecule has 10 heteroatoms. The van der Waals surface area contributed by atoms with Gasteiger partial charge >= 0.3 is 5.97 Å². The number of hydrogen-bond donors (Lipinski definition) is 1. The first-order chi connectivity index (χ1) is 14.4. The second-order valence-electron chi connectivity index (χ2n) is 6.00. The highest BCUT2D eigenvalue weighted by Crippen LogP contribution is 2.31. The highest BCUT2D eigenvalue weighted by Gasteiger charge is 2.23. The van der Waals surface area contributed by atoms with Crippen LogP contribution in [0.4, 0.5) is 14.5 Å². The predicted molar refractivity (Wildman–Crippen MR) is 111 cm³/mol. The maximum absolute atomic E-state index is 12.6. The van der Waals surface area contributed by atoms with Crippen molar-refractivity contribution in [2.45, 2.75) is 17.6 Å². The molecule has 1 aromatic heterocycles. The minimum Gasteiger partial charge on any atom is -0.452 e. The first-order valence-corrected chi connectivity index (χ1v) is 9.94. The Bertz CT molecular complexity index is 1060. The molecule has 2 aromatic carbocycles. The quantitative estimate of drug-likeness (QED) is 0.406. The Morgan fingerprint density at radius 1 is 1.17 bits per heavy atom. The molecule has 1 N–H and O–H groups in total. The summed E-state index contributed by atoms with van der Waals surface area (Å²) in [6, 6.07) is 15.1. The van der Waals surface area contributed by atoms with E-state index in [1.165, 1.54) is 16.8 Å². The van der Waals surface area contributed by atoms with Gasteiger partial charge in [-0.2, -0.15) is 13.9 Å². The first-order valence-electron chi connectivity index (χ1n) is 8.68. The fraction of sp³-hybridized carbons (Fsp3) is 0.150. The molecule has 1 amide bonds. The summed E-state index contributed by atoms with van der Waals surface area (Å²) in [4.78, 5) is 24.8. The maximum atomic E-state index is 12.6. The van der Waals surface area contributed by atoms with Crippen LogP contribution >= 0.6 is 23.4 Å². The number of carbonyl (C=O) groups is 2. The average molecular weight is 452 g/mol. The summed E-state index contributed by atoms with van der Waals surface area (Å²) in [5, 5.41) is 6.76. The predicted octanol–water partition coefficient (Wildman–Crippen LogP) is 4.94. The molecule has 0 aliphatic heterocycles. The number of aromatic nitrogens is 2. The van der Waals surface area contributed by atoms with Crippen LogP contribution in [0.5, 0.6) is 0 Å². The summed E-state index contributed by atoms with van der Waals surface area (Å²) in [6.07, 6.45) is 0. The van der Waals surface area contributed by atoms with Gasteiger partial charge in [-0.1, -0.05) is 53.7 Å². The number of nitrogens with zero attached hydrogens (tertiary/aromatic N) is 2. The lowest BCUT2D eigenvalue weighted by Gasteiger charge is -2.10. The first kappa shape index (κ1) is 21.8. The van der Waals surface area contributed by atoms with E-state index < -0.39 is 24.2 Å². The van der Waals surface area contributed by atoms with E-state index in [4.69, 9.17) is 16.3 Å². The summed E-state index contributed by atoms with van der Waals surface area (Å²) < 4.78 is 31.7. The van der Waals surface area contributed by atoms with Crippen LogP contribution in [0.3, 0.4) is 0 Å². The molecule has 0 unspecified atom stereocenters. The molecule has 3 rings (SSSR count). The van der Waals surface area contributed by atoms with Gasteiger partial charge in [-0.15, -0.1) is 0 Å². The highest BCUT2D eigenvalue weighted by molar-refractivity contribution is 7.99. The van der Waals surface area contributed by atoms with E-state index in [-0.39, 0.29) is 21.3 Å². The van der Waals surface area contributed by atoms with E-state index >= 15 is 0 Å². The van der Waals surface area contributed by atoms with Crippen molar-refractivity contribution in [2.75, 3.05) is 11.9 Å². The molecule has 6 nitrogen and oxygen atoms in total. The number of nitrogens with one attached hydrogen (secondary N) is 1. The molecule has 0 fully saturated rings. The molecule has 1 heterocycles. The lowest BCUT2D eigenvalue weighted by Crippen LogP contribution is -2.21. The van der Waals surface area contributed by atoms with Gasteiger partial charge in [0.25, 0.3) is 11.7 Å². The molecule has 0 aliphatic carbocycles. The lowest BCUT2D eigenvalue weighted by molar-refractivity contribution is -0.119. The van der Waals surface area contributed by atoms with E-state index in [1.54, 1.807) is 43.3 Å². The molecule has 3 aromatic rings. The molecule has 0 bridgehead atoms. The zero-order valence-corrected chi connectivity index (χ0v) is 17.2. The van der Waals surface area contributed by atoms with Crippen LogP contribution in [-0.4, -0.2) is 34.0 Å². The number of ether oxygens (including phenoxy) is 1. The van der Waals surface area contributed by atoms with Crippen LogP contribution in [-0.2, 0) is 9.53 Å². The number of rotatable bonds is 7. The molecule has 0 spiro atoms. The zero-order chi connectivity index (χ0) is 21.7. The minimum atomic E-state index is -2.63. The fourth-order valence-electron chi connectivity index (χ4n) is 2.63. The topological polar surface area (TPSA) is 73.2 Å². The van der Waals surface area contributed by atoms with Gasteiger partial charge in [-0.25, -0.2) is 9.48 Å². The normalized spacial score (nSPS) is 10.8. The van der Waals surface area contributed by atoms with Gasteiger partial charge in [0.1, 0.15) is 10.7 Å². The number of benzene rings is 2. The molecular formula is C20H16ClF2N3O3S. The summed E-state index contributed by atoms with van der Waals surface area (Å²) in [5.74, 6) is -4.12. The number of amides is 1. The molecule has 0 atom stereocenters. The third kappa shape index (κ3) is 5.17. The second kappa shape index (κ2) is 9.73. The van der Waals surface area contributed by atoms with E-state index in [0.29, 0.717) is 23.1 Å². The largest absolute Gasteiger partial charge is 0.452 e. The monoisotopic (exact) mass is 451 g/mol. The molecular weight excluding hydrogens is 436 g/mol. The summed E-state index contributed by atoms with van der Waals surface area (Å²) in [6.45, 7) is 0.985. The van der Waals surface area contributed by atoms with Crippen molar-refractivity contribution in [1.29, 1.82) is 0 Å². The van der Waals surface area contributed by atoms with Crippen LogP contribution in [0.2, 0.25) is 5.15 Å². The summed E-state index contributed by atoms with van der Waals surface area (Å²) >= 11 is 6.61. The number of aryl methyl sites for hydroxylation is 1. The average Bonchev–Trinajstić information content (AvgIpc) is 3.02. The van der Waals surface area contributed by atoms with Crippen LogP contribution < -0.4 is 5.32 Å². The number of esters is 1. The Balaban J connectivity index is 1.67. The highest BCUT2D eigenvalue weighted by atomic mass is 35.5. The number of thioether (sulfide) groups is 1. The van der Waals surface area contributed by atoms with Crippen LogP contribution in [0, 0.1) is 6.92 Å². The van der Waals surface area contributed by atoms with Crippen LogP contribution in [0.25, 0.3) is 5.69 Å². The number of carbonyl (C=O) groups excluding carboxylic acids is 2. The molecule has 0 saturated carbocycles. The van der Waals surface area contributed by atoms with Crippen molar-refractivity contribution in [3.8, 4) is 5.69 Å². The van der Waals surface area contributed by atoms with E-state index in [9.17, 15) is 18.4 Å².